The van der Waals surface area contributed by atoms with Crippen molar-refractivity contribution in [1.82, 2.24) is 19.9 Å². The standard InChI is InChI=1S/C23H23N7O2/c24-12-15-11-16-13-26-23(28-21(16)30(22(15)32)19-3-1-2-4-19)27-17-5-7-18(8-6-17)29-10-9-25-14-20(29)31/h5-8,11,13,19,25H,1-4,9-10,14H2,(H,26,27,28). The molecule has 9 heteroatoms. The second-order valence-corrected chi connectivity index (χ2v) is 8.15. The third kappa shape index (κ3) is 3.69. The Labute approximate surface area is 184 Å². The van der Waals surface area contributed by atoms with E-state index in [4.69, 9.17) is 0 Å². The highest BCUT2D eigenvalue weighted by Crippen LogP contribution is 2.31. The first-order chi connectivity index (χ1) is 15.6. The highest BCUT2D eigenvalue weighted by Gasteiger charge is 2.23. The molecule has 1 aliphatic carbocycles. The van der Waals surface area contributed by atoms with Gasteiger partial charge in [-0.2, -0.15) is 10.2 Å². The van der Waals surface area contributed by atoms with Crippen LogP contribution in [0, 0.1) is 11.3 Å². The molecule has 1 aliphatic heterocycles. The van der Waals surface area contributed by atoms with Crippen LogP contribution in [0.5, 0.6) is 0 Å². The number of carbonyl (C=O) groups is 1. The van der Waals surface area contributed by atoms with E-state index in [1.54, 1.807) is 21.7 Å². The van der Waals surface area contributed by atoms with Gasteiger partial charge in [-0.25, -0.2) is 4.98 Å². The van der Waals surface area contributed by atoms with Crippen LogP contribution in [0.4, 0.5) is 17.3 Å². The third-order valence-electron chi connectivity index (χ3n) is 6.11. The summed E-state index contributed by atoms with van der Waals surface area (Å²) in [7, 11) is 0. The van der Waals surface area contributed by atoms with E-state index in [0.717, 1.165) is 43.6 Å². The van der Waals surface area contributed by atoms with Crippen molar-refractivity contribution in [3.63, 3.8) is 0 Å². The number of anilines is 3. The molecular weight excluding hydrogens is 406 g/mol. The predicted octanol–water partition coefficient (Wildman–Crippen LogP) is 2.46. The Morgan fingerprint density at radius 2 is 1.94 bits per heavy atom. The van der Waals surface area contributed by atoms with Crippen LogP contribution in [0.1, 0.15) is 37.3 Å². The van der Waals surface area contributed by atoms with Crippen LogP contribution in [-0.4, -0.2) is 40.1 Å². The van der Waals surface area contributed by atoms with Gasteiger partial charge in [0.2, 0.25) is 11.9 Å². The summed E-state index contributed by atoms with van der Waals surface area (Å²) in [6.45, 7) is 1.76. The van der Waals surface area contributed by atoms with Crippen molar-refractivity contribution in [3.8, 4) is 6.07 Å². The Bertz CT molecular complexity index is 1270. The fourth-order valence-electron chi connectivity index (χ4n) is 4.49. The Morgan fingerprint density at radius 3 is 2.66 bits per heavy atom. The average molecular weight is 429 g/mol. The lowest BCUT2D eigenvalue weighted by atomic mass is 10.2. The van der Waals surface area contributed by atoms with Crippen molar-refractivity contribution in [3.05, 3.63) is 52.4 Å². The Hall–Kier alpha value is -3.77. The van der Waals surface area contributed by atoms with Crippen LogP contribution in [0.3, 0.4) is 0 Å². The van der Waals surface area contributed by atoms with Crippen LogP contribution in [-0.2, 0) is 4.79 Å². The van der Waals surface area contributed by atoms with E-state index < -0.39 is 0 Å². The summed E-state index contributed by atoms with van der Waals surface area (Å²) in [6, 6.07) is 11.1. The number of hydrogen-bond donors (Lipinski definition) is 2. The molecule has 1 aromatic carbocycles. The summed E-state index contributed by atoms with van der Waals surface area (Å²) in [5, 5.41) is 16.3. The van der Waals surface area contributed by atoms with Crippen molar-refractivity contribution in [2.75, 3.05) is 29.9 Å². The molecule has 9 nitrogen and oxygen atoms in total. The summed E-state index contributed by atoms with van der Waals surface area (Å²) in [6.07, 6.45) is 5.58. The average Bonchev–Trinajstić information content (AvgIpc) is 3.34. The molecule has 1 saturated heterocycles. The normalized spacial score (nSPS) is 17.0. The topological polar surface area (TPSA) is 116 Å². The van der Waals surface area contributed by atoms with E-state index in [0.29, 0.717) is 30.1 Å². The van der Waals surface area contributed by atoms with Crippen molar-refractivity contribution in [2.24, 2.45) is 0 Å². The van der Waals surface area contributed by atoms with Gasteiger partial charge >= 0.3 is 0 Å². The maximum absolute atomic E-state index is 12.9. The number of piperazine rings is 1. The highest BCUT2D eigenvalue weighted by atomic mass is 16.2. The quantitative estimate of drug-likeness (QED) is 0.654. The molecule has 32 heavy (non-hydrogen) atoms. The van der Waals surface area contributed by atoms with E-state index in [2.05, 4.69) is 20.6 Å². The van der Waals surface area contributed by atoms with Crippen LogP contribution < -0.4 is 21.1 Å². The fourth-order valence-corrected chi connectivity index (χ4v) is 4.49. The number of fused-ring (bicyclic) bond motifs is 1. The van der Waals surface area contributed by atoms with Gasteiger partial charge in [0.1, 0.15) is 17.3 Å². The van der Waals surface area contributed by atoms with Gasteiger partial charge in [-0.05, 0) is 43.2 Å². The minimum absolute atomic E-state index is 0.0523. The molecule has 0 spiro atoms. The van der Waals surface area contributed by atoms with E-state index in [9.17, 15) is 14.9 Å². The summed E-state index contributed by atoms with van der Waals surface area (Å²) in [5.74, 6) is 0.427. The van der Waals surface area contributed by atoms with Crippen molar-refractivity contribution >= 4 is 34.3 Å². The number of amides is 1. The van der Waals surface area contributed by atoms with E-state index >= 15 is 0 Å². The molecular formula is C23H23N7O2. The Balaban J connectivity index is 1.46. The molecule has 2 N–H and O–H groups in total. The van der Waals surface area contributed by atoms with E-state index in [1.165, 1.54) is 0 Å². The van der Waals surface area contributed by atoms with Gasteiger partial charge in [0.15, 0.2) is 0 Å². The third-order valence-corrected chi connectivity index (χ3v) is 6.11. The second-order valence-electron chi connectivity index (χ2n) is 8.15. The number of nitriles is 1. The highest BCUT2D eigenvalue weighted by molar-refractivity contribution is 5.95. The minimum Gasteiger partial charge on any atom is -0.324 e. The molecule has 0 unspecified atom stereocenters. The zero-order valence-corrected chi connectivity index (χ0v) is 17.5. The van der Waals surface area contributed by atoms with Gasteiger partial charge in [0, 0.05) is 42.1 Å². The maximum atomic E-state index is 12.9. The summed E-state index contributed by atoms with van der Waals surface area (Å²) >= 11 is 0. The summed E-state index contributed by atoms with van der Waals surface area (Å²) < 4.78 is 1.67. The zero-order chi connectivity index (χ0) is 22.1. The number of carbonyl (C=O) groups excluding carboxylic acids is 1. The number of benzene rings is 1. The maximum Gasteiger partial charge on any atom is 0.270 e. The SMILES string of the molecule is N#Cc1cc2cnc(Nc3ccc(N4CCNCC4=O)cc3)nc2n(C2CCCC2)c1=O. The van der Waals surface area contributed by atoms with E-state index in [1.807, 2.05) is 30.3 Å². The molecule has 0 radical (unpaired) electrons. The lowest BCUT2D eigenvalue weighted by Crippen LogP contribution is -2.48. The van der Waals surface area contributed by atoms with E-state index in [-0.39, 0.29) is 23.1 Å². The number of hydrogen-bond acceptors (Lipinski definition) is 7. The van der Waals surface area contributed by atoms with Gasteiger partial charge < -0.3 is 15.5 Å². The van der Waals surface area contributed by atoms with Crippen molar-refractivity contribution < 1.29 is 4.79 Å². The van der Waals surface area contributed by atoms with Crippen LogP contribution in [0.15, 0.2) is 41.3 Å². The molecule has 5 rings (SSSR count). The molecule has 3 aromatic rings. The van der Waals surface area contributed by atoms with Crippen molar-refractivity contribution in [2.45, 2.75) is 31.7 Å². The van der Waals surface area contributed by atoms with Crippen LogP contribution in [0.25, 0.3) is 11.0 Å². The molecule has 0 bridgehead atoms. The number of rotatable bonds is 4. The second kappa shape index (κ2) is 8.40. The summed E-state index contributed by atoms with van der Waals surface area (Å²) in [4.78, 5) is 35.8. The zero-order valence-electron chi connectivity index (χ0n) is 17.5. The Morgan fingerprint density at radius 1 is 1.16 bits per heavy atom. The first-order valence-electron chi connectivity index (χ1n) is 10.8. The van der Waals surface area contributed by atoms with Crippen molar-refractivity contribution in [1.29, 1.82) is 5.26 Å². The first kappa shape index (κ1) is 20.2. The first-order valence-corrected chi connectivity index (χ1v) is 10.8. The number of nitrogens with one attached hydrogen (secondary N) is 2. The number of pyridine rings is 1. The van der Waals surface area contributed by atoms with Gasteiger partial charge in [-0.3, -0.25) is 14.2 Å². The minimum atomic E-state index is -0.290. The Kier molecular flexibility index (Phi) is 5.29. The lowest BCUT2D eigenvalue weighted by Gasteiger charge is -2.27. The molecule has 1 saturated carbocycles. The molecule has 2 aliphatic rings. The molecule has 2 aromatic heterocycles. The smallest absolute Gasteiger partial charge is 0.270 e. The van der Waals surface area contributed by atoms with Gasteiger partial charge in [0.05, 0.1) is 6.54 Å². The predicted molar refractivity (Wildman–Crippen MR) is 121 cm³/mol. The largest absolute Gasteiger partial charge is 0.324 e. The van der Waals surface area contributed by atoms with Gasteiger partial charge in [0.25, 0.3) is 5.56 Å². The lowest BCUT2D eigenvalue weighted by molar-refractivity contribution is -0.118. The van der Waals surface area contributed by atoms with Crippen LogP contribution in [0.2, 0.25) is 0 Å². The van der Waals surface area contributed by atoms with Gasteiger partial charge in [-0.1, -0.05) is 12.8 Å². The molecule has 2 fully saturated rings. The molecule has 3 heterocycles. The molecule has 162 valence electrons. The molecule has 0 atom stereocenters. The monoisotopic (exact) mass is 429 g/mol. The van der Waals surface area contributed by atoms with Gasteiger partial charge in [-0.15, -0.1) is 0 Å². The number of nitrogens with zero attached hydrogens (tertiary/aromatic N) is 5. The molecule has 1 amide bonds. The number of aromatic nitrogens is 3. The van der Waals surface area contributed by atoms with Crippen LogP contribution >= 0.6 is 0 Å². The fraction of sp³-hybridized carbons (Fsp3) is 0.348. The summed E-state index contributed by atoms with van der Waals surface area (Å²) in [5.41, 5.74) is 1.99.